The number of hydrogen-bond donors (Lipinski definition) is 1. The molecule has 0 spiro atoms. The van der Waals surface area contributed by atoms with E-state index in [-0.39, 0.29) is 34.1 Å². The maximum Gasteiger partial charge on any atom is 0.264 e. The minimum absolute atomic E-state index is 0.0416. The number of rotatable bonds is 7. The Morgan fingerprint density at radius 2 is 1.72 bits per heavy atom. The van der Waals surface area contributed by atoms with Crippen LogP contribution in [0.4, 0.5) is 5.69 Å². The van der Waals surface area contributed by atoms with Crippen LogP contribution < -0.4 is 9.62 Å². The molecule has 0 aromatic heterocycles. The predicted octanol–water partition coefficient (Wildman–Crippen LogP) is 3.45. The van der Waals surface area contributed by atoms with Crippen LogP contribution in [0.2, 0.25) is 5.02 Å². The standard InChI is InChI=1S/C18H21ClN2O3S/c1-3-14(2)20-18(22)13-21(17-12-8-7-11-16(17)19)25(23,24)15-9-5-4-6-10-15/h4-12,14H,3,13H2,1-2H3,(H,20,22)/t14-/m0/s1. The van der Waals surface area contributed by atoms with Gasteiger partial charge in [0.25, 0.3) is 10.0 Å². The van der Waals surface area contributed by atoms with Gasteiger partial charge in [-0.2, -0.15) is 0 Å². The van der Waals surface area contributed by atoms with Gasteiger partial charge in [-0.1, -0.05) is 48.9 Å². The Morgan fingerprint density at radius 3 is 2.32 bits per heavy atom. The van der Waals surface area contributed by atoms with Gasteiger partial charge < -0.3 is 5.32 Å². The number of nitrogens with zero attached hydrogens (tertiary/aromatic N) is 1. The first-order chi connectivity index (χ1) is 11.9. The van der Waals surface area contributed by atoms with E-state index in [1.54, 1.807) is 42.5 Å². The van der Waals surface area contributed by atoms with Crippen LogP contribution in [0.15, 0.2) is 59.5 Å². The van der Waals surface area contributed by atoms with Crippen LogP contribution in [0.25, 0.3) is 0 Å². The molecule has 0 aliphatic heterocycles. The highest BCUT2D eigenvalue weighted by Gasteiger charge is 2.28. The van der Waals surface area contributed by atoms with Crippen LogP contribution >= 0.6 is 11.6 Å². The van der Waals surface area contributed by atoms with Crippen molar-refractivity contribution in [2.75, 3.05) is 10.8 Å². The van der Waals surface area contributed by atoms with Crippen LogP contribution in [-0.2, 0) is 14.8 Å². The van der Waals surface area contributed by atoms with Gasteiger partial charge in [0.1, 0.15) is 6.54 Å². The summed E-state index contributed by atoms with van der Waals surface area (Å²) in [7, 11) is -3.93. The molecule has 1 amide bonds. The van der Waals surface area contributed by atoms with Gasteiger partial charge in [0, 0.05) is 6.04 Å². The van der Waals surface area contributed by atoms with Crippen molar-refractivity contribution >= 4 is 33.2 Å². The van der Waals surface area contributed by atoms with E-state index in [0.29, 0.717) is 0 Å². The van der Waals surface area contributed by atoms with Crippen molar-refractivity contribution < 1.29 is 13.2 Å². The molecule has 0 heterocycles. The lowest BCUT2D eigenvalue weighted by atomic mass is 10.2. The molecule has 1 atom stereocenters. The molecule has 0 aliphatic rings. The Balaban J connectivity index is 2.43. The quantitative estimate of drug-likeness (QED) is 0.800. The average molecular weight is 381 g/mol. The Kier molecular flexibility index (Phi) is 6.45. The summed E-state index contributed by atoms with van der Waals surface area (Å²) in [5.41, 5.74) is 0.271. The van der Waals surface area contributed by atoms with Crippen molar-refractivity contribution in [3.63, 3.8) is 0 Å². The summed E-state index contributed by atoms with van der Waals surface area (Å²) in [4.78, 5) is 12.4. The van der Waals surface area contributed by atoms with Gasteiger partial charge in [-0.3, -0.25) is 9.10 Å². The highest BCUT2D eigenvalue weighted by molar-refractivity contribution is 7.92. The number of amides is 1. The summed E-state index contributed by atoms with van der Waals surface area (Å²) in [6.07, 6.45) is 0.753. The first kappa shape index (κ1) is 19.3. The predicted molar refractivity (Wildman–Crippen MR) is 100 cm³/mol. The SMILES string of the molecule is CC[C@H](C)NC(=O)CN(c1ccccc1Cl)S(=O)(=O)c1ccccc1. The molecule has 0 bridgehead atoms. The summed E-state index contributed by atoms with van der Waals surface area (Å²) >= 11 is 6.19. The molecule has 1 N–H and O–H groups in total. The van der Waals surface area contributed by atoms with E-state index in [9.17, 15) is 13.2 Å². The summed E-state index contributed by atoms with van der Waals surface area (Å²) in [6, 6.07) is 14.5. The highest BCUT2D eigenvalue weighted by Crippen LogP contribution is 2.30. The fourth-order valence-corrected chi connectivity index (χ4v) is 3.98. The molecule has 0 radical (unpaired) electrons. The van der Waals surface area contributed by atoms with Gasteiger partial charge in [0.2, 0.25) is 5.91 Å². The number of carbonyl (C=O) groups excluding carboxylic acids is 1. The van der Waals surface area contributed by atoms with E-state index >= 15 is 0 Å². The molecule has 25 heavy (non-hydrogen) atoms. The first-order valence-electron chi connectivity index (χ1n) is 7.98. The van der Waals surface area contributed by atoms with Crippen LogP contribution in [0.5, 0.6) is 0 Å². The maximum atomic E-state index is 13.1. The molecule has 7 heteroatoms. The van der Waals surface area contributed by atoms with E-state index in [4.69, 9.17) is 11.6 Å². The fraction of sp³-hybridized carbons (Fsp3) is 0.278. The molecule has 5 nitrogen and oxygen atoms in total. The summed E-state index contributed by atoms with van der Waals surface area (Å²) < 4.78 is 27.2. The molecular formula is C18H21ClN2O3S. The number of carbonyl (C=O) groups is 1. The van der Waals surface area contributed by atoms with Gasteiger partial charge in [0.15, 0.2) is 0 Å². The maximum absolute atomic E-state index is 13.1. The molecule has 0 aliphatic carbocycles. The van der Waals surface area contributed by atoms with E-state index in [2.05, 4.69) is 5.32 Å². The zero-order valence-corrected chi connectivity index (χ0v) is 15.7. The van der Waals surface area contributed by atoms with Crippen molar-refractivity contribution in [2.45, 2.75) is 31.2 Å². The van der Waals surface area contributed by atoms with Crippen molar-refractivity contribution in [2.24, 2.45) is 0 Å². The number of benzene rings is 2. The van der Waals surface area contributed by atoms with Crippen LogP contribution in [0, 0.1) is 0 Å². The zero-order chi connectivity index (χ0) is 18.4. The molecule has 134 valence electrons. The Bertz CT molecular complexity index is 825. The lowest BCUT2D eigenvalue weighted by Crippen LogP contribution is -2.43. The molecule has 0 saturated heterocycles. The lowest BCUT2D eigenvalue weighted by Gasteiger charge is -2.25. The van der Waals surface area contributed by atoms with E-state index in [1.807, 2.05) is 13.8 Å². The Hall–Kier alpha value is -2.05. The molecule has 2 aromatic rings. The Morgan fingerprint density at radius 1 is 1.12 bits per heavy atom. The first-order valence-corrected chi connectivity index (χ1v) is 9.79. The summed E-state index contributed by atoms with van der Waals surface area (Å²) in [6.45, 7) is 3.46. The summed E-state index contributed by atoms with van der Waals surface area (Å²) in [5, 5.41) is 3.05. The molecule has 0 saturated carbocycles. The number of nitrogens with one attached hydrogen (secondary N) is 1. The number of sulfonamides is 1. The smallest absolute Gasteiger partial charge is 0.264 e. The van der Waals surface area contributed by atoms with E-state index in [1.165, 1.54) is 12.1 Å². The molecule has 0 unspecified atom stereocenters. The second-order valence-electron chi connectivity index (χ2n) is 5.65. The minimum atomic E-state index is -3.93. The molecular weight excluding hydrogens is 360 g/mol. The second-order valence-corrected chi connectivity index (χ2v) is 7.92. The average Bonchev–Trinajstić information content (AvgIpc) is 2.61. The van der Waals surface area contributed by atoms with Gasteiger partial charge in [-0.25, -0.2) is 8.42 Å². The summed E-state index contributed by atoms with van der Waals surface area (Å²) in [5.74, 6) is -0.381. The topological polar surface area (TPSA) is 66.5 Å². The van der Waals surface area contributed by atoms with Crippen molar-refractivity contribution in [1.82, 2.24) is 5.32 Å². The van der Waals surface area contributed by atoms with Crippen LogP contribution in [0.1, 0.15) is 20.3 Å². The Labute approximate surface area is 153 Å². The van der Waals surface area contributed by atoms with Crippen molar-refractivity contribution in [3.05, 3.63) is 59.6 Å². The normalized spacial score (nSPS) is 12.4. The van der Waals surface area contributed by atoms with Gasteiger partial charge in [-0.15, -0.1) is 0 Å². The third kappa shape index (κ3) is 4.74. The molecule has 2 aromatic carbocycles. The van der Waals surface area contributed by atoms with Gasteiger partial charge in [-0.05, 0) is 37.6 Å². The largest absolute Gasteiger partial charge is 0.352 e. The zero-order valence-electron chi connectivity index (χ0n) is 14.1. The number of para-hydroxylation sites is 1. The lowest BCUT2D eigenvalue weighted by molar-refractivity contribution is -0.120. The molecule has 0 fully saturated rings. The fourth-order valence-electron chi connectivity index (χ4n) is 2.23. The van der Waals surface area contributed by atoms with Crippen LogP contribution in [-0.4, -0.2) is 26.9 Å². The van der Waals surface area contributed by atoms with Gasteiger partial charge >= 0.3 is 0 Å². The second kappa shape index (κ2) is 8.36. The monoisotopic (exact) mass is 380 g/mol. The third-order valence-electron chi connectivity index (χ3n) is 3.76. The third-order valence-corrected chi connectivity index (χ3v) is 5.85. The molecule has 2 rings (SSSR count). The number of hydrogen-bond acceptors (Lipinski definition) is 3. The van der Waals surface area contributed by atoms with E-state index in [0.717, 1.165) is 10.7 Å². The van der Waals surface area contributed by atoms with E-state index < -0.39 is 10.0 Å². The number of halogens is 1. The van der Waals surface area contributed by atoms with Crippen molar-refractivity contribution in [3.8, 4) is 0 Å². The minimum Gasteiger partial charge on any atom is -0.352 e. The van der Waals surface area contributed by atoms with Crippen LogP contribution in [0.3, 0.4) is 0 Å². The number of anilines is 1. The van der Waals surface area contributed by atoms with Crippen molar-refractivity contribution in [1.29, 1.82) is 0 Å². The highest BCUT2D eigenvalue weighted by atomic mass is 35.5. The van der Waals surface area contributed by atoms with Gasteiger partial charge in [0.05, 0.1) is 15.6 Å².